The van der Waals surface area contributed by atoms with Gasteiger partial charge in [0, 0.05) is 44.9 Å². The van der Waals surface area contributed by atoms with Gasteiger partial charge in [-0.3, -0.25) is 9.67 Å². The number of nitrogens with one attached hydrogen (secondary N) is 2. The molecule has 1 aromatic carbocycles. The zero-order valence-electron chi connectivity index (χ0n) is 18.6. The fourth-order valence-corrected chi connectivity index (χ4v) is 3.96. The van der Waals surface area contributed by atoms with Crippen molar-refractivity contribution in [3.05, 3.63) is 52.8 Å². The SMILES string of the molecule is CN=C(NCCCn1nc(C)cc1C)NCC1CCCOC1c1ccc(C)cc1.I. The second kappa shape index (κ2) is 12.3. The number of ether oxygens (including phenoxy) is 1. The lowest BCUT2D eigenvalue weighted by molar-refractivity contribution is -0.0265. The van der Waals surface area contributed by atoms with Gasteiger partial charge in [-0.05, 0) is 51.7 Å². The van der Waals surface area contributed by atoms with Gasteiger partial charge in [-0.2, -0.15) is 5.10 Å². The summed E-state index contributed by atoms with van der Waals surface area (Å²) in [6, 6.07) is 10.8. The minimum absolute atomic E-state index is 0. The smallest absolute Gasteiger partial charge is 0.190 e. The molecule has 2 unspecified atom stereocenters. The molecule has 3 rings (SSSR count). The number of hydrogen-bond donors (Lipinski definition) is 2. The highest BCUT2D eigenvalue weighted by molar-refractivity contribution is 14.0. The van der Waals surface area contributed by atoms with Crippen molar-refractivity contribution in [2.24, 2.45) is 10.9 Å². The topological polar surface area (TPSA) is 63.5 Å². The average molecular weight is 525 g/mol. The summed E-state index contributed by atoms with van der Waals surface area (Å²) in [5.74, 6) is 1.30. The molecule has 2 heterocycles. The first-order valence-electron chi connectivity index (χ1n) is 10.7. The first-order chi connectivity index (χ1) is 14.1. The molecule has 0 bridgehead atoms. The van der Waals surface area contributed by atoms with Crippen molar-refractivity contribution < 1.29 is 4.74 Å². The van der Waals surface area contributed by atoms with Crippen LogP contribution in [0.25, 0.3) is 0 Å². The summed E-state index contributed by atoms with van der Waals surface area (Å²) in [7, 11) is 1.82. The van der Waals surface area contributed by atoms with E-state index in [4.69, 9.17) is 4.74 Å². The molecule has 0 radical (unpaired) electrons. The maximum Gasteiger partial charge on any atom is 0.190 e. The molecule has 30 heavy (non-hydrogen) atoms. The van der Waals surface area contributed by atoms with Gasteiger partial charge in [0.2, 0.25) is 0 Å². The molecule has 1 fully saturated rings. The molecule has 2 N–H and O–H groups in total. The Morgan fingerprint density at radius 1 is 1.20 bits per heavy atom. The number of aromatic nitrogens is 2. The minimum Gasteiger partial charge on any atom is -0.373 e. The van der Waals surface area contributed by atoms with E-state index in [1.54, 1.807) is 0 Å². The van der Waals surface area contributed by atoms with Crippen molar-refractivity contribution in [2.45, 2.75) is 52.7 Å². The van der Waals surface area contributed by atoms with Crippen molar-refractivity contribution in [1.29, 1.82) is 0 Å². The third kappa shape index (κ3) is 6.97. The number of guanidine groups is 1. The van der Waals surface area contributed by atoms with Crippen LogP contribution >= 0.6 is 24.0 Å². The highest BCUT2D eigenvalue weighted by atomic mass is 127. The van der Waals surface area contributed by atoms with Crippen molar-refractivity contribution in [1.82, 2.24) is 20.4 Å². The minimum atomic E-state index is 0. The lowest BCUT2D eigenvalue weighted by atomic mass is 9.89. The zero-order valence-corrected chi connectivity index (χ0v) is 21.0. The molecule has 1 saturated heterocycles. The molecule has 0 aliphatic carbocycles. The van der Waals surface area contributed by atoms with Gasteiger partial charge >= 0.3 is 0 Å². The monoisotopic (exact) mass is 525 g/mol. The molecule has 1 aliphatic rings. The van der Waals surface area contributed by atoms with Gasteiger partial charge in [-0.15, -0.1) is 24.0 Å². The highest BCUT2D eigenvalue weighted by Gasteiger charge is 2.27. The maximum absolute atomic E-state index is 6.13. The summed E-state index contributed by atoms with van der Waals surface area (Å²) in [6.45, 7) is 9.73. The zero-order chi connectivity index (χ0) is 20.6. The Morgan fingerprint density at radius 3 is 2.63 bits per heavy atom. The van der Waals surface area contributed by atoms with Crippen LogP contribution in [0, 0.1) is 26.7 Å². The third-order valence-corrected chi connectivity index (χ3v) is 5.55. The van der Waals surface area contributed by atoms with Gasteiger partial charge in [-0.25, -0.2) is 0 Å². The molecule has 1 aromatic heterocycles. The Balaban J connectivity index is 0.00000320. The lowest BCUT2D eigenvalue weighted by Gasteiger charge is -2.32. The second-order valence-electron chi connectivity index (χ2n) is 7.99. The van der Waals surface area contributed by atoms with E-state index in [1.165, 1.54) is 23.2 Å². The number of rotatable bonds is 7. The summed E-state index contributed by atoms with van der Waals surface area (Å²) in [4.78, 5) is 4.38. The first-order valence-corrected chi connectivity index (χ1v) is 10.7. The molecule has 0 spiro atoms. The molecule has 166 valence electrons. The summed E-state index contributed by atoms with van der Waals surface area (Å²) in [6.07, 6.45) is 3.44. The van der Waals surface area contributed by atoms with Gasteiger partial charge in [0.15, 0.2) is 5.96 Å². The van der Waals surface area contributed by atoms with Crippen LogP contribution in [0.1, 0.15) is 47.9 Å². The van der Waals surface area contributed by atoms with Gasteiger partial charge in [0.1, 0.15) is 0 Å². The van der Waals surface area contributed by atoms with E-state index in [0.717, 1.165) is 50.7 Å². The predicted molar refractivity (Wildman–Crippen MR) is 134 cm³/mol. The van der Waals surface area contributed by atoms with Crippen LogP contribution in [0.3, 0.4) is 0 Å². The van der Waals surface area contributed by atoms with Crippen molar-refractivity contribution in [3.8, 4) is 0 Å². The molecular formula is C23H36IN5O. The van der Waals surface area contributed by atoms with Crippen molar-refractivity contribution in [2.75, 3.05) is 26.7 Å². The molecule has 7 heteroatoms. The van der Waals surface area contributed by atoms with Crippen LogP contribution in [0.5, 0.6) is 0 Å². The number of aryl methyl sites for hydroxylation is 4. The van der Waals surface area contributed by atoms with Gasteiger partial charge in [-0.1, -0.05) is 29.8 Å². The summed E-state index contributed by atoms with van der Waals surface area (Å²) >= 11 is 0. The fraction of sp³-hybridized carbons (Fsp3) is 0.565. The van der Waals surface area contributed by atoms with Gasteiger partial charge < -0.3 is 15.4 Å². The Labute approximate surface area is 197 Å². The average Bonchev–Trinajstić information content (AvgIpc) is 3.05. The molecule has 0 amide bonds. The van der Waals surface area contributed by atoms with E-state index in [-0.39, 0.29) is 30.1 Å². The number of halogens is 1. The van der Waals surface area contributed by atoms with Crippen molar-refractivity contribution in [3.63, 3.8) is 0 Å². The number of aliphatic imine (C=N–C) groups is 1. The Kier molecular flexibility index (Phi) is 10.1. The molecule has 0 saturated carbocycles. The normalized spacial score (nSPS) is 19.3. The van der Waals surface area contributed by atoms with E-state index in [1.807, 2.05) is 14.0 Å². The second-order valence-corrected chi connectivity index (χ2v) is 7.99. The highest BCUT2D eigenvalue weighted by Crippen LogP contribution is 2.33. The Bertz CT molecular complexity index is 802. The standard InChI is InChI=1S/C23H35N5O.HI/c1-17-8-10-20(11-9-17)22-21(7-5-14-29-22)16-26-23(24-4)25-12-6-13-28-19(3)15-18(2)27-28;/h8-11,15,21-22H,5-7,12-14,16H2,1-4H3,(H2,24,25,26);1H. The summed E-state index contributed by atoms with van der Waals surface area (Å²) < 4.78 is 8.20. The number of benzene rings is 1. The van der Waals surface area contributed by atoms with Crippen LogP contribution in [-0.2, 0) is 11.3 Å². The van der Waals surface area contributed by atoms with Crippen LogP contribution in [0.2, 0.25) is 0 Å². The molecule has 2 aromatic rings. The van der Waals surface area contributed by atoms with E-state index in [9.17, 15) is 0 Å². The van der Waals surface area contributed by atoms with E-state index < -0.39 is 0 Å². The van der Waals surface area contributed by atoms with Crippen molar-refractivity contribution >= 4 is 29.9 Å². The fourth-order valence-electron chi connectivity index (χ4n) is 3.96. The predicted octanol–water partition coefficient (Wildman–Crippen LogP) is 4.15. The molecule has 2 atom stereocenters. The van der Waals surface area contributed by atoms with Crippen LogP contribution in [-0.4, -0.2) is 42.5 Å². The van der Waals surface area contributed by atoms with Gasteiger partial charge in [0.05, 0.1) is 11.8 Å². The first kappa shape index (κ1) is 24.7. The largest absolute Gasteiger partial charge is 0.373 e. The quantitative estimate of drug-likeness (QED) is 0.247. The van der Waals surface area contributed by atoms with Crippen LogP contribution in [0.15, 0.2) is 35.3 Å². The number of nitrogens with zero attached hydrogens (tertiary/aromatic N) is 3. The van der Waals surface area contributed by atoms with Crippen LogP contribution < -0.4 is 10.6 Å². The molecular weight excluding hydrogens is 489 g/mol. The summed E-state index contributed by atoms with van der Waals surface area (Å²) in [5, 5.41) is 11.4. The lowest BCUT2D eigenvalue weighted by Crippen LogP contribution is -2.42. The van der Waals surface area contributed by atoms with E-state index in [0.29, 0.717) is 5.92 Å². The molecule has 6 nitrogen and oxygen atoms in total. The van der Waals surface area contributed by atoms with Gasteiger partial charge in [0.25, 0.3) is 0 Å². The van der Waals surface area contributed by atoms with E-state index >= 15 is 0 Å². The van der Waals surface area contributed by atoms with E-state index in [2.05, 4.69) is 69.6 Å². The third-order valence-electron chi connectivity index (χ3n) is 5.55. The molecule has 1 aliphatic heterocycles. The maximum atomic E-state index is 6.13. The van der Waals surface area contributed by atoms with Crippen LogP contribution in [0.4, 0.5) is 0 Å². The Morgan fingerprint density at radius 2 is 1.97 bits per heavy atom. The summed E-state index contributed by atoms with van der Waals surface area (Å²) in [5.41, 5.74) is 4.84. The number of hydrogen-bond acceptors (Lipinski definition) is 3. The Hall–Kier alpha value is -1.61.